The van der Waals surface area contributed by atoms with Crippen molar-refractivity contribution in [3.05, 3.63) is 58.9 Å². The average molecular weight is 321 g/mol. The van der Waals surface area contributed by atoms with Crippen LogP contribution in [0.1, 0.15) is 21.5 Å². The second-order valence-corrected chi connectivity index (χ2v) is 7.20. The van der Waals surface area contributed by atoms with Crippen LogP contribution in [-0.2, 0) is 9.84 Å². The number of hydrogen-bond donors (Lipinski definition) is 1. The highest BCUT2D eigenvalue weighted by Gasteiger charge is 2.15. The molecule has 0 heterocycles. The number of halogens is 1. The Morgan fingerprint density at radius 1 is 1.09 bits per heavy atom. The summed E-state index contributed by atoms with van der Waals surface area (Å²) >= 11 is 0. The molecule has 0 saturated heterocycles. The summed E-state index contributed by atoms with van der Waals surface area (Å²) in [4.78, 5) is 12.2. The van der Waals surface area contributed by atoms with Crippen molar-refractivity contribution in [1.29, 1.82) is 0 Å². The maximum Gasteiger partial charge on any atom is 0.256 e. The molecule has 1 N–H and O–H groups in total. The van der Waals surface area contributed by atoms with E-state index >= 15 is 0 Å². The Bertz CT molecular complexity index is 844. The van der Waals surface area contributed by atoms with Gasteiger partial charge in [0.1, 0.15) is 5.82 Å². The van der Waals surface area contributed by atoms with E-state index in [0.29, 0.717) is 5.56 Å². The molecule has 0 aliphatic carbocycles. The summed E-state index contributed by atoms with van der Waals surface area (Å²) < 4.78 is 36.8. The fourth-order valence-corrected chi connectivity index (χ4v) is 2.74. The molecule has 0 aliphatic heterocycles. The molecule has 1 amide bonds. The van der Waals surface area contributed by atoms with Crippen molar-refractivity contribution in [3.63, 3.8) is 0 Å². The molecular formula is C16H16FNO3S. The van der Waals surface area contributed by atoms with E-state index in [1.165, 1.54) is 0 Å². The lowest BCUT2D eigenvalue weighted by molar-refractivity contribution is 0.102. The summed E-state index contributed by atoms with van der Waals surface area (Å²) in [5.74, 6) is -1.17. The third-order valence-electron chi connectivity index (χ3n) is 3.24. The minimum Gasteiger partial charge on any atom is -0.319 e. The topological polar surface area (TPSA) is 63.2 Å². The number of rotatable bonds is 3. The molecule has 0 fully saturated rings. The molecule has 0 unspecified atom stereocenters. The van der Waals surface area contributed by atoms with Crippen molar-refractivity contribution in [2.45, 2.75) is 18.7 Å². The van der Waals surface area contributed by atoms with Gasteiger partial charge in [-0.1, -0.05) is 17.7 Å². The third-order valence-corrected chi connectivity index (χ3v) is 4.35. The van der Waals surface area contributed by atoms with Gasteiger partial charge in [-0.15, -0.1) is 0 Å². The fourth-order valence-electron chi connectivity index (χ4n) is 2.09. The lowest BCUT2D eigenvalue weighted by Crippen LogP contribution is -2.15. The SMILES string of the molecule is Cc1ccc(C(=O)Nc2cc(S(C)(=O)=O)ccc2F)c(C)c1. The molecule has 4 nitrogen and oxygen atoms in total. The number of carbonyl (C=O) groups excluding carboxylic acids is 1. The van der Waals surface area contributed by atoms with Crippen molar-refractivity contribution in [2.24, 2.45) is 0 Å². The number of benzene rings is 2. The first kappa shape index (κ1) is 16.2. The van der Waals surface area contributed by atoms with Crippen LogP contribution in [0.15, 0.2) is 41.3 Å². The van der Waals surface area contributed by atoms with Gasteiger partial charge >= 0.3 is 0 Å². The highest BCUT2D eigenvalue weighted by molar-refractivity contribution is 7.90. The molecule has 0 aromatic heterocycles. The normalized spacial score (nSPS) is 11.3. The molecule has 0 saturated carbocycles. The molecule has 2 aromatic rings. The summed E-state index contributed by atoms with van der Waals surface area (Å²) in [7, 11) is -3.47. The van der Waals surface area contributed by atoms with Crippen molar-refractivity contribution in [1.82, 2.24) is 0 Å². The first-order valence-corrected chi connectivity index (χ1v) is 8.46. The minimum atomic E-state index is -3.47. The van der Waals surface area contributed by atoms with E-state index in [4.69, 9.17) is 0 Å². The van der Waals surface area contributed by atoms with Gasteiger partial charge in [0.2, 0.25) is 0 Å². The molecule has 2 aromatic carbocycles. The molecule has 0 spiro atoms. The third kappa shape index (κ3) is 3.51. The van der Waals surface area contributed by atoms with Crippen LogP contribution in [0.4, 0.5) is 10.1 Å². The maximum atomic E-state index is 13.8. The number of anilines is 1. The van der Waals surface area contributed by atoms with E-state index < -0.39 is 21.6 Å². The van der Waals surface area contributed by atoms with Gasteiger partial charge in [0, 0.05) is 11.8 Å². The van der Waals surface area contributed by atoms with Gasteiger partial charge in [-0.25, -0.2) is 12.8 Å². The van der Waals surface area contributed by atoms with E-state index in [1.807, 2.05) is 13.0 Å². The van der Waals surface area contributed by atoms with Crippen molar-refractivity contribution in [2.75, 3.05) is 11.6 Å². The van der Waals surface area contributed by atoms with Crippen LogP contribution in [0.5, 0.6) is 0 Å². The van der Waals surface area contributed by atoms with E-state index in [2.05, 4.69) is 5.32 Å². The summed E-state index contributed by atoms with van der Waals surface area (Å²) in [6.07, 6.45) is 1.02. The number of amides is 1. The Labute approximate surface area is 128 Å². The summed E-state index contributed by atoms with van der Waals surface area (Å²) in [5, 5.41) is 2.42. The highest BCUT2D eigenvalue weighted by atomic mass is 32.2. The zero-order valence-corrected chi connectivity index (χ0v) is 13.3. The Hall–Kier alpha value is -2.21. The van der Waals surface area contributed by atoms with Gasteiger partial charge in [0.15, 0.2) is 9.84 Å². The maximum absolute atomic E-state index is 13.8. The van der Waals surface area contributed by atoms with Crippen molar-refractivity contribution >= 4 is 21.4 Å². The van der Waals surface area contributed by atoms with Gasteiger partial charge in [0.05, 0.1) is 10.6 Å². The smallest absolute Gasteiger partial charge is 0.256 e. The highest BCUT2D eigenvalue weighted by Crippen LogP contribution is 2.21. The first-order valence-electron chi connectivity index (χ1n) is 6.56. The molecule has 0 bridgehead atoms. The van der Waals surface area contributed by atoms with Crippen molar-refractivity contribution < 1.29 is 17.6 Å². The summed E-state index contributed by atoms with van der Waals surface area (Å²) in [6.45, 7) is 3.69. The number of carbonyl (C=O) groups is 1. The predicted octanol–water partition coefficient (Wildman–Crippen LogP) is 3.10. The average Bonchev–Trinajstić information content (AvgIpc) is 2.39. The van der Waals surface area contributed by atoms with Crippen LogP contribution in [0, 0.1) is 19.7 Å². The molecular weight excluding hydrogens is 305 g/mol. The van der Waals surface area contributed by atoms with E-state index in [9.17, 15) is 17.6 Å². The van der Waals surface area contributed by atoms with E-state index in [0.717, 1.165) is 35.6 Å². The number of sulfone groups is 1. The lowest BCUT2D eigenvalue weighted by Gasteiger charge is -2.10. The number of hydrogen-bond acceptors (Lipinski definition) is 3. The van der Waals surface area contributed by atoms with Crippen LogP contribution < -0.4 is 5.32 Å². The van der Waals surface area contributed by atoms with Gasteiger partial charge in [-0.05, 0) is 43.7 Å². The molecule has 6 heteroatoms. The van der Waals surface area contributed by atoms with Gasteiger partial charge in [-0.3, -0.25) is 4.79 Å². The standard InChI is InChI=1S/C16H16FNO3S/c1-10-4-6-13(11(2)8-10)16(19)18-15-9-12(22(3,20)21)5-7-14(15)17/h4-9H,1-3H3,(H,18,19). The van der Waals surface area contributed by atoms with E-state index in [1.54, 1.807) is 19.1 Å². The Kier molecular flexibility index (Phi) is 4.32. The van der Waals surface area contributed by atoms with Crippen LogP contribution in [0.2, 0.25) is 0 Å². The van der Waals surface area contributed by atoms with Crippen LogP contribution >= 0.6 is 0 Å². The predicted molar refractivity (Wildman–Crippen MR) is 83.4 cm³/mol. The van der Waals surface area contributed by atoms with Crippen LogP contribution in [0.3, 0.4) is 0 Å². The molecule has 116 valence electrons. The minimum absolute atomic E-state index is 0.0511. The Morgan fingerprint density at radius 3 is 2.36 bits per heavy atom. The zero-order valence-electron chi connectivity index (χ0n) is 12.5. The molecule has 0 atom stereocenters. The number of nitrogens with one attached hydrogen (secondary N) is 1. The molecule has 2 rings (SSSR count). The zero-order chi connectivity index (χ0) is 16.5. The Morgan fingerprint density at radius 2 is 1.77 bits per heavy atom. The number of aryl methyl sites for hydroxylation is 2. The fraction of sp³-hybridized carbons (Fsp3) is 0.188. The van der Waals surface area contributed by atoms with Gasteiger partial charge in [-0.2, -0.15) is 0 Å². The van der Waals surface area contributed by atoms with Crippen molar-refractivity contribution in [3.8, 4) is 0 Å². The van der Waals surface area contributed by atoms with Crippen LogP contribution in [-0.4, -0.2) is 20.6 Å². The Balaban J connectivity index is 2.36. The second-order valence-electron chi connectivity index (χ2n) is 5.19. The monoisotopic (exact) mass is 321 g/mol. The summed E-state index contributed by atoms with van der Waals surface area (Å²) in [5.41, 5.74) is 2.03. The first-order chi connectivity index (χ1) is 10.2. The van der Waals surface area contributed by atoms with Crippen LogP contribution in [0.25, 0.3) is 0 Å². The second kappa shape index (κ2) is 5.88. The quantitative estimate of drug-likeness (QED) is 0.884. The van der Waals surface area contributed by atoms with E-state index in [-0.39, 0.29) is 10.6 Å². The summed E-state index contributed by atoms with van der Waals surface area (Å²) in [6, 6.07) is 8.58. The molecule has 0 aliphatic rings. The van der Waals surface area contributed by atoms with Gasteiger partial charge in [0.25, 0.3) is 5.91 Å². The molecule has 22 heavy (non-hydrogen) atoms. The molecule has 0 radical (unpaired) electrons. The van der Waals surface area contributed by atoms with Gasteiger partial charge < -0.3 is 5.32 Å². The lowest BCUT2D eigenvalue weighted by atomic mass is 10.1. The largest absolute Gasteiger partial charge is 0.319 e.